The largest absolute Gasteiger partial charge is 0.323 e. The molecular formula is C16H15ClN4. The van der Waals surface area contributed by atoms with Crippen molar-refractivity contribution in [3.63, 3.8) is 0 Å². The molecule has 0 N–H and O–H groups in total. The fraction of sp³-hybridized carbons (Fsp3) is 0.188. The van der Waals surface area contributed by atoms with Crippen LogP contribution in [0.3, 0.4) is 0 Å². The van der Waals surface area contributed by atoms with Gasteiger partial charge in [0, 0.05) is 34.4 Å². The van der Waals surface area contributed by atoms with E-state index in [1.165, 1.54) is 0 Å². The van der Waals surface area contributed by atoms with Crippen molar-refractivity contribution >= 4 is 11.6 Å². The molecule has 2 aromatic heterocycles. The molecule has 5 heteroatoms. The molecule has 0 atom stereocenters. The molecule has 0 unspecified atom stereocenters. The average Bonchev–Trinajstić information content (AvgIpc) is 2.85. The number of aromatic nitrogens is 4. The van der Waals surface area contributed by atoms with E-state index in [1.807, 2.05) is 54.9 Å². The maximum atomic E-state index is 6.05. The van der Waals surface area contributed by atoms with Crippen molar-refractivity contribution in [3.8, 4) is 11.4 Å². The van der Waals surface area contributed by atoms with Gasteiger partial charge in [0.1, 0.15) is 11.6 Å². The predicted molar refractivity (Wildman–Crippen MR) is 83.3 cm³/mol. The Morgan fingerprint density at radius 3 is 2.57 bits per heavy atom. The molecule has 0 radical (unpaired) electrons. The van der Waals surface area contributed by atoms with E-state index in [1.54, 1.807) is 6.20 Å². The lowest BCUT2D eigenvalue weighted by molar-refractivity contribution is 0.740. The van der Waals surface area contributed by atoms with Crippen LogP contribution in [0.4, 0.5) is 0 Å². The number of halogens is 1. The van der Waals surface area contributed by atoms with Gasteiger partial charge in [0.25, 0.3) is 0 Å². The zero-order valence-electron chi connectivity index (χ0n) is 11.9. The molecule has 0 saturated carbocycles. The van der Waals surface area contributed by atoms with Crippen LogP contribution < -0.4 is 0 Å². The number of hydrogen-bond acceptors (Lipinski definition) is 3. The van der Waals surface area contributed by atoms with Crippen LogP contribution in [0, 0.1) is 13.8 Å². The Bertz CT molecular complexity index is 759. The average molecular weight is 299 g/mol. The molecule has 2 heterocycles. The maximum absolute atomic E-state index is 6.05. The van der Waals surface area contributed by atoms with Crippen LogP contribution in [0.1, 0.15) is 17.2 Å². The van der Waals surface area contributed by atoms with Gasteiger partial charge in [-0.25, -0.2) is 15.0 Å². The third-order valence-corrected chi connectivity index (χ3v) is 3.37. The zero-order valence-corrected chi connectivity index (χ0v) is 12.7. The van der Waals surface area contributed by atoms with Gasteiger partial charge in [-0.05, 0) is 32.0 Å². The highest BCUT2D eigenvalue weighted by Gasteiger charge is 2.08. The maximum Gasteiger partial charge on any atom is 0.148 e. The van der Waals surface area contributed by atoms with Crippen LogP contribution in [-0.4, -0.2) is 19.5 Å². The third-order valence-electron chi connectivity index (χ3n) is 3.14. The Hall–Kier alpha value is -2.20. The van der Waals surface area contributed by atoms with Crippen LogP contribution in [0.15, 0.2) is 42.7 Å². The van der Waals surface area contributed by atoms with E-state index >= 15 is 0 Å². The summed E-state index contributed by atoms with van der Waals surface area (Å²) >= 11 is 6.05. The highest BCUT2D eigenvalue weighted by Crippen LogP contribution is 2.21. The number of hydrogen-bond donors (Lipinski definition) is 0. The van der Waals surface area contributed by atoms with Crippen LogP contribution >= 0.6 is 11.6 Å². The first-order chi connectivity index (χ1) is 10.1. The molecule has 0 saturated heterocycles. The van der Waals surface area contributed by atoms with Crippen molar-refractivity contribution in [2.75, 3.05) is 0 Å². The summed E-state index contributed by atoms with van der Waals surface area (Å²) in [5.74, 6) is 1.65. The Morgan fingerprint density at radius 1 is 1.10 bits per heavy atom. The summed E-state index contributed by atoms with van der Waals surface area (Å²) in [6, 6.07) is 9.64. The van der Waals surface area contributed by atoms with E-state index in [4.69, 9.17) is 11.6 Å². The normalized spacial score (nSPS) is 10.8. The van der Waals surface area contributed by atoms with Gasteiger partial charge >= 0.3 is 0 Å². The second-order valence-corrected chi connectivity index (χ2v) is 5.39. The van der Waals surface area contributed by atoms with E-state index in [0.29, 0.717) is 11.6 Å². The molecule has 3 rings (SSSR count). The van der Waals surface area contributed by atoms with Gasteiger partial charge in [-0.15, -0.1) is 0 Å². The van der Waals surface area contributed by atoms with Crippen molar-refractivity contribution < 1.29 is 0 Å². The molecule has 0 aliphatic heterocycles. The van der Waals surface area contributed by atoms with Crippen LogP contribution in [0.2, 0.25) is 5.02 Å². The Labute approximate surface area is 128 Å². The lowest BCUT2D eigenvalue weighted by Crippen LogP contribution is -2.07. The molecule has 0 spiro atoms. The van der Waals surface area contributed by atoms with Crippen LogP contribution in [0.25, 0.3) is 11.4 Å². The standard InChI is InChI=1S/C16H15ClN4/c1-11-8-12(2)20-15(19-11)10-21-7-6-18-16(21)13-4-3-5-14(17)9-13/h3-9H,10H2,1-2H3. The minimum atomic E-state index is 0.588. The van der Waals surface area contributed by atoms with Crippen molar-refractivity contribution in [1.82, 2.24) is 19.5 Å². The predicted octanol–water partition coefficient (Wildman–Crippen LogP) is 3.66. The number of rotatable bonds is 3. The van der Waals surface area contributed by atoms with Gasteiger partial charge in [-0.2, -0.15) is 0 Å². The van der Waals surface area contributed by atoms with Gasteiger partial charge in [-0.3, -0.25) is 0 Å². The Morgan fingerprint density at radius 2 is 1.86 bits per heavy atom. The first-order valence-electron chi connectivity index (χ1n) is 6.70. The summed E-state index contributed by atoms with van der Waals surface area (Å²) in [6.45, 7) is 4.54. The van der Waals surface area contributed by atoms with Gasteiger partial charge in [0.2, 0.25) is 0 Å². The summed E-state index contributed by atoms with van der Waals surface area (Å²) in [6.07, 6.45) is 3.70. The van der Waals surface area contributed by atoms with Crippen molar-refractivity contribution in [2.45, 2.75) is 20.4 Å². The minimum Gasteiger partial charge on any atom is -0.323 e. The fourth-order valence-corrected chi connectivity index (χ4v) is 2.54. The van der Waals surface area contributed by atoms with Crippen molar-refractivity contribution in [2.24, 2.45) is 0 Å². The smallest absolute Gasteiger partial charge is 0.148 e. The lowest BCUT2D eigenvalue weighted by atomic mass is 10.2. The lowest BCUT2D eigenvalue weighted by Gasteiger charge is -2.08. The second-order valence-electron chi connectivity index (χ2n) is 4.96. The second kappa shape index (κ2) is 5.66. The molecule has 0 fully saturated rings. The molecule has 3 aromatic rings. The quantitative estimate of drug-likeness (QED) is 0.741. The first-order valence-corrected chi connectivity index (χ1v) is 7.08. The van der Waals surface area contributed by atoms with E-state index in [9.17, 15) is 0 Å². The number of imidazole rings is 1. The summed E-state index contributed by atoms with van der Waals surface area (Å²) in [4.78, 5) is 13.4. The SMILES string of the molecule is Cc1cc(C)nc(Cn2ccnc2-c2cccc(Cl)c2)n1. The molecule has 0 amide bonds. The highest BCUT2D eigenvalue weighted by atomic mass is 35.5. The molecule has 0 bridgehead atoms. The third kappa shape index (κ3) is 3.11. The van der Waals surface area contributed by atoms with Crippen molar-refractivity contribution in [3.05, 3.63) is 65.0 Å². The number of nitrogens with zero attached hydrogens (tertiary/aromatic N) is 4. The van der Waals surface area contributed by atoms with Crippen LogP contribution in [0.5, 0.6) is 0 Å². The fourth-order valence-electron chi connectivity index (χ4n) is 2.35. The summed E-state index contributed by atoms with van der Waals surface area (Å²) in [7, 11) is 0. The van der Waals surface area contributed by atoms with Crippen molar-refractivity contribution in [1.29, 1.82) is 0 Å². The minimum absolute atomic E-state index is 0.588. The molecule has 0 aliphatic carbocycles. The van der Waals surface area contributed by atoms with E-state index in [0.717, 1.165) is 28.6 Å². The molecular weight excluding hydrogens is 284 g/mol. The molecule has 1 aromatic carbocycles. The van der Waals surface area contributed by atoms with Gasteiger partial charge < -0.3 is 4.57 Å². The number of benzene rings is 1. The highest BCUT2D eigenvalue weighted by molar-refractivity contribution is 6.30. The Balaban J connectivity index is 1.96. The van der Waals surface area contributed by atoms with Crippen LogP contribution in [-0.2, 0) is 6.54 Å². The Kier molecular flexibility index (Phi) is 3.71. The topological polar surface area (TPSA) is 43.6 Å². The number of aryl methyl sites for hydroxylation is 2. The van der Waals surface area contributed by atoms with E-state index < -0.39 is 0 Å². The van der Waals surface area contributed by atoms with E-state index in [2.05, 4.69) is 15.0 Å². The summed E-state index contributed by atoms with van der Waals surface area (Å²) in [5.41, 5.74) is 2.93. The van der Waals surface area contributed by atoms with Gasteiger partial charge in [0.15, 0.2) is 0 Å². The van der Waals surface area contributed by atoms with E-state index in [-0.39, 0.29) is 0 Å². The summed E-state index contributed by atoms with van der Waals surface area (Å²) in [5, 5.41) is 0.699. The van der Waals surface area contributed by atoms with Gasteiger partial charge in [-0.1, -0.05) is 23.7 Å². The molecule has 0 aliphatic rings. The molecule has 4 nitrogen and oxygen atoms in total. The van der Waals surface area contributed by atoms with Gasteiger partial charge in [0.05, 0.1) is 6.54 Å². The summed E-state index contributed by atoms with van der Waals surface area (Å²) < 4.78 is 2.03. The monoisotopic (exact) mass is 298 g/mol. The first kappa shape index (κ1) is 13.8. The zero-order chi connectivity index (χ0) is 14.8. The molecule has 21 heavy (non-hydrogen) atoms. The molecule has 106 valence electrons.